The Morgan fingerprint density at radius 1 is 0.931 bits per heavy atom. The Morgan fingerprint density at radius 3 is 2.31 bits per heavy atom. The third-order valence-electron chi connectivity index (χ3n) is 5.31. The maximum absolute atomic E-state index is 13.4. The van der Waals surface area contributed by atoms with E-state index >= 15 is 0 Å². The summed E-state index contributed by atoms with van der Waals surface area (Å²) in [5.41, 5.74) is 6.20. The molecule has 0 spiro atoms. The summed E-state index contributed by atoms with van der Waals surface area (Å²) in [6, 6.07) is 25.3. The zero-order chi connectivity index (χ0) is 20.0. The van der Waals surface area contributed by atoms with Crippen LogP contribution in [0, 0.1) is 6.92 Å². The van der Waals surface area contributed by atoms with E-state index in [0.29, 0.717) is 10.7 Å². The summed E-state index contributed by atoms with van der Waals surface area (Å²) in [5, 5.41) is 8.14. The molecule has 0 unspecified atom stereocenters. The largest absolute Gasteiger partial charge is 0.295 e. The van der Waals surface area contributed by atoms with Gasteiger partial charge in [0, 0.05) is 21.8 Å². The Morgan fingerprint density at radius 2 is 1.62 bits per heavy atom. The number of aromatic amines is 1. The third kappa shape index (κ3) is 2.93. The smallest absolute Gasteiger partial charge is 0.277 e. The zero-order valence-electron chi connectivity index (χ0n) is 15.8. The van der Waals surface area contributed by atoms with E-state index in [2.05, 4.69) is 41.4 Å². The van der Waals surface area contributed by atoms with E-state index in [1.54, 1.807) is 0 Å². The Bertz CT molecular complexity index is 1180. The Labute approximate surface area is 173 Å². The number of rotatable bonds is 3. The van der Waals surface area contributed by atoms with Crippen LogP contribution in [0.25, 0.3) is 11.3 Å². The number of aryl methyl sites for hydroxylation is 1. The number of hydrogen-bond donors (Lipinski definition) is 1. The predicted molar refractivity (Wildman–Crippen MR) is 115 cm³/mol. The average Bonchev–Trinajstić information content (AvgIpc) is 3.29. The molecule has 1 N–H and O–H groups in total. The number of halogens is 1. The molecule has 1 aliphatic rings. The molecule has 0 fully saturated rings. The monoisotopic (exact) mass is 399 g/mol. The highest BCUT2D eigenvalue weighted by molar-refractivity contribution is 6.30. The molecule has 4 nitrogen and oxygen atoms in total. The molecule has 1 aromatic heterocycles. The molecule has 5 rings (SSSR count). The first kappa shape index (κ1) is 17.7. The van der Waals surface area contributed by atoms with Crippen LogP contribution in [0.3, 0.4) is 0 Å². The minimum Gasteiger partial charge on any atom is -0.295 e. The molecule has 2 heterocycles. The maximum Gasteiger partial charge on any atom is 0.277 e. The summed E-state index contributed by atoms with van der Waals surface area (Å²) in [5.74, 6) is -0.0792. The lowest BCUT2D eigenvalue weighted by atomic mass is 9.95. The number of carbonyl (C=O) groups excluding carboxylic acids is 1. The molecular formula is C24H18ClN3O. The van der Waals surface area contributed by atoms with E-state index < -0.39 is 0 Å². The van der Waals surface area contributed by atoms with Gasteiger partial charge in [-0.05, 0) is 36.8 Å². The SMILES string of the molecule is Cc1ccc([C@H]2c3c(-c4ccc(Cl)cc4)n[nH]c3C(=O)N2c2ccccc2)cc1. The third-order valence-corrected chi connectivity index (χ3v) is 5.57. The highest BCUT2D eigenvalue weighted by Crippen LogP contribution is 2.45. The van der Waals surface area contributed by atoms with Gasteiger partial charge in [-0.1, -0.05) is 71.8 Å². The topological polar surface area (TPSA) is 49.0 Å². The number of amides is 1. The van der Waals surface area contributed by atoms with Crippen LogP contribution in [0.4, 0.5) is 5.69 Å². The lowest BCUT2D eigenvalue weighted by Crippen LogP contribution is -2.29. The van der Waals surface area contributed by atoms with Crippen LogP contribution in [0.15, 0.2) is 78.9 Å². The number of benzene rings is 3. The highest BCUT2D eigenvalue weighted by Gasteiger charge is 2.42. The number of nitrogens with one attached hydrogen (secondary N) is 1. The summed E-state index contributed by atoms with van der Waals surface area (Å²) in [7, 11) is 0. The molecule has 29 heavy (non-hydrogen) atoms. The van der Waals surface area contributed by atoms with Crippen molar-refractivity contribution in [1.82, 2.24) is 10.2 Å². The van der Waals surface area contributed by atoms with Crippen LogP contribution in [-0.4, -0.2) is 16.1 Å². The molecule has 0 bridgehead atoms. The lowest BCUT2D eigenvalue weighted by Gasteiger charge is -2.26. The molecule has 0 saturated carbocycles. The van der Waals surface area contributed by atoms with Crippen molar-refractivity contribution in [2.45, 2.75) is 13.0 Å². The molecule has 1 amide bonds. The molecule has 1 aliphatic heterocycles. The van der Waals surface area contributed by atoms with Gasteiger partial charge in [-0.25, -0.2) is 0 Å². The second kappa shape index (κ2) is 6.90. The van der Waals surface area contributed by atoms with Gasteiger partial charge in [0.25, 0.3) is 5.91 Å². The fourth-order valence-electron chi connectivity index (χ4n) is 3.89. The minimum absolute atomic E-state index is 0.0792. The number of carbonyl (C=O) groups is 1. The van der Waals surface area contributed by atoms with Crippen molar-refractivity contribution in [2.24, 2.45) is 0 Å². The van der Waals surface area contributed by atoms with E-state index in [4.69, 9.17) is 11.6 Å². The minimum atomic E-state index is -0.259. The van der Waals surface area contributed by atoms with Crippen LogP contribution in [0.2, 0.25) is 5.02 Å². The second-order valence-corrected chi connectivity index (χ2v) is 7.63. The summed E-state index contributed by atoms with van der Waals surface area (Å²) in [6.07, 6.45) is 0. The molecule has 0 aliphatic carbocycles. The molecule has 1 atom stereocenters. The molecule has 142 valence electrons. The second-order valence-electron chi connectivity index (χ2n) is 7.19. The predicted octanol–water partition coefficient (Wildman–Crippen LogP) is 5.79. The maximum atomic E-state index is 13.4. The van der Waals surface area contributed by atoms with E-state index in [1.807, 2.05) is 59.5 Å². The van der Waals surface area contributed by atoms with Crippen LogP contribution in [-0.2, 0) is 0 Å². The summed E-state index contributed by atoms with van der Waals surface area (Å²) >= 11 is 6.07. The number of fused-ring (bicyclic) bond motifs is 1. The number of H-pyrrole nitrogens is 1. The van der Waals surface area contributed by atoms with Gasteiger partial charge < -0.3 is 0 Å². The fourth-order valence-corrected chi connectivity index (χ4v) is 4.02. The standard InChI is InChI=1S/C24H18ClN3O/c1-15-7-9-17(10-8-15)23-20-21(16-11-13-18(25)14-12-16)26-27-22(20)24(29)28(23)19-5-3-2-4-6-19/h2-14,23H,1H3,(H,26,27)/t23-/m0/s1. The Kier molecular flexibility index (Phi) is 4.22. The fraction of sp³-hybridized carbons (Fsp3) is 0.0833. The molecular weight excluding hydrogens is 382 g/mol. The van der Waals surface area contributed by atoms with Gasteiger partial charge in [0.1, 0.15) is 5.69 Å². The van der Waals surface area contributed by atoms with Gasteiger partial charge in [-0.3, -0.25) is 14.8 Å². The van der Waals surface area contributed by atoms with Gasteiger partial charge in [0.05, 0.1) is 11.7 Å². The van der Waals surface area contributed by atoms with Gasteiger partial charge in [-0.2, -0.15) is 5.10 Å². The molecule has 0 saturated heterocycles. The number of para-hydroxylation sites is 1. The van der Waals surface area contributed by atoms with Crippen molar-refractivity contribution in [3.8, 4) is 11.3 Å². The van der Waals surface area contributed by atoms with Crippen molar-refractivity contribution >= 4 is 23.2 Å². The van der Waals surface area contributed by atoms with Crippen LogP contribution < -0.4 is 4.90 Å². The molecule has 4 aromatic rings. The van der Waals surface area contributed by atoms with Crippen molar-refractivity contribution in [3.63, 3.8) is 0 Å². The van der Waals surface area contributed by atoms with E-state index in [-0.39, 0.29) is 11.9 Å². The Balaban J connectivity index is 1.72. The van der Waals surface area contributed by atoms with Gasteiger partial charge >= 0.3 is 0 Å². The van der Waals surface area contributed by atoms with Gasteiger partial charge in [0.15, 0.2) is 0 Å². The molecule has 0 radical (unpaired) electrons. The first-order valence-corrected chi connectivity index (χ1v) is 9.80. The van der Waals surface area contributed by atoms with Crippen molar-refractivity contribution in [3.05, 3.63) is 106 Å². The van der Waals surface area contributed by atoms with E-state index in [9.17, 15) is 4.79 Å². The van der Waals surface area contributed by atoms with Crippen LogP contribution in [0.5, 0.6) is 0 Å². The Hall–Kier alpha value is -3.37. The van der Waals surface area contributed by atoms with Crippen LogP contribution in [0.1, 0.15) is 33.2 Å². The van der Waals surface area contributed by atoms with Crippen molar-refractivity contribution in [2.75, 3.05) is 4.90 Å². The first-order valence-electron chi connectivity index (χ1n) is 9.43. The quantitative estimate of drug-likeness (QED) is 0.474. The number of anilines is 1. The zero-order valence-corrected chi connectivity index (χ0v) is 16.5. The normalized spacial score (nSPS) is 15.6. The summed E-state index contributed by atoms with van der Waals surface area (Å²) in [4.78, 5) is 15.2. The van der Waals surface area contributed by atoms with Gasteiger partial charge in [0.2, 0.25) is 0 Å². The summed E-state index contributed by atoms with van der Waals surface area (Å²) in [6.45, 7) is 2.06. The van der Waals surface area contributed by atoms with Crippen LogP contribution >= 0.6 is 11.6 Å². The van der Waals surface area contributed by atoms with Crippen molar-refractivity contribution in [1.29, 1.82) is 0 Å². The lowest BCUT2D eigenvalue weighted by molar-refractivity contribution is 0.0989. The first-order chi connectivity index (χ1) is 14.1. The molecule has 3 aromatic carbocycles. The average molecular weight is 400 g/mol. The highest BCUT2D eigenvalue weighted by atomic mass is 35.5. The summed E-state index contributed by atoms with van der Waals surface area (Å²) < 4.78 is 0. The number of nitrogens with zero attached hydrogens (tertiary/aromatic N) is 2. The number of aromatic nitrogens is 2. The molecule has 5 heteroatoms. The number of hydrogen-bond acceptors (Lipinski definition) is 2. The van der Waals surface area contributed by atoms with E-state index in [1.165, 1.54) is 5.56 Å². The van der Waals surface area contributed by atoms with E-state index in [0.717, 1.165) is 28.1 Å². The van der Waals surface area contributed by atoms with Gasteiger partial charge in [-0.15, -0.1) is 0 Å². The van der Waals surface area contributed by atoms with Crippen molar-refractivity contribution < 1.29 is 4.79 Å².